The van der Waals surface area contributed by atoms with Crippen molar-refractivity contribution in [2.45, 2.75) is 45.6 Å². The number of rotatable bonds is 4. The van der Waals surface area contributed by atoms with Gasteiger partial charge in [-0.15, -0.1) is 0 Å². The molecule has 3 heteroatoms. The van der Waals surface area contributed by atoms with E-state index in [0.29, 0.717) is 11.8 Å². The number of ether oxygens (including phenoxy) is 1. The van der Waals surface area contributed by atoms with Gasteiger partial charge in [0.25, 0.3) is 0 Å². The van der Waals surface area contributed by atoms with Crippen molar-refractivity contribution in [3.8, 4) is 5.75 Å². The number of methoxy groups -OCH3 is 1. The van der Waals surface area contributed by atoms with E-state index in [2.05, 4.69) is 19.2 Å². The van der Waals surface area contributed by atoms with Gasteiger partial charge in [-0.1, -0.05) is 26.7 Å². The zero-order valence-electron chi connectivity index (χ0n) is 12.1. The predicted molar refractivity (Wildman–Crippen MR) is 77.2 cm³/mol. The fourth-order valence-corrected chi connectivity index (χ4v) is 2.96. The largest absolute Gasteiger partial charge is 0.494 e. The first kappa shape index (κ1) is 14.2. The maximum absolute atomic E-state index is 13.6. The Morgan fingerprint density at radius 2 is 2.11 bits per heavy atom. The van der Waals surface area contributed by atoms with Crippen LogP contribution in [0.2, 0.25) is 0 Å². The van der Waals surface area contributed by atoms with Crippen molar-refractivity contribution >= 4 is 5.69 Å². The van der Waals surface area contributed by atoms with Crippen molar-refractivity contribution in [2.75, 3.05) is 12.4 Å². The van der Waals surface area contributed by atoms with Gasteiger partial charge in [0, 0.05) is 17.8 Å². The van der Waals surface area contributed by atoms with Crippen LogP contribution in [0.25, 0.3) is 0 Å². The van der Waals surface area contributed by atoms with Crippen LogP contribution < -0.4 is 10.1 Å². The van der Waals surface area contributed by atoms with Crippen molar-refractivity contribution in [2.24, 2.45) is 11.8 Å². The molecule has 0 radical (unpaired) electrons. The van der Waals surface area contributed by atoms with Crippen molar-refractivity contribution in [1.29, 1.82) is 0 Å². The number of nitrogens with one attached hydrogen (secondary N) is 1. The Bertz CT molecular complexity index is 419. The topological polar surface area (TPSA) is 21.3 Å². The number of hydrogen-bond acceptors (Lipinski definition) is 2. The molecule has 1 saturated carbocycles. The van der Waals surface area contributed by atoms with Gasteiger partial charge in [0.2, 0.25) is 0 Å². The maximum atomic E-state index is 13.6. The van der Waals surface area contributed by atoms with Gasteiger partial charge in [-0.2, -0.15) is 0 Å². The summed E-state index contributed by atoms with van der Waals surface area (Å²) < 4.78 is 18.6. The fourth-order valence-electron chi connectivity index (χ4n) is 2.96. The summed E-state index contributed by atoms with van der Waals surface area (Å²) in [6.45, 7) is 4.58. The van der Waals surface area contributed by atoms with E-state index in [1.54, 1.807) is 6.07 Å². The molecular weight excluding hydrogens is 241 g/mol. The minimum atomic E-state index is -0.302. The molecule has 1 aliphatic carbocycles. The summed E-state index contributed by atoms with van der Waals surface area (Å²) in [5.41, 5.74) is 0.854. The van der Waals surface area contributed by atoms with Crippen molar-refractivity contribution in [3.63, 3.8) is 0 Å². The van der Waals surface area contributed by atoms with Gasteiger partial charge in [-0.3, -0.25) is 0 Å². The summed E-state index contributed by atoms with van der Waals surface area (Å²) in [6.07, 6.45) is 4.95. The van der Waals surface area contributed by atoms with Crippen LogP contribution in [0.3, 0.4) is 0 Å². The van der Waals surface area contributed by atoms with Crippen molar-refractivity contribution in [1.82, 2.24) is 0 Å². The minimum absolute atomic E-state index is 0.300. The summed E-state index contributed by atoms with van der Waals surface area (Å²) in [4.78, 5) is 0. The third-order valence-electron chi connectivity index (χ3n) is 4.18. The Labute approximate surface area is 115 Å². The van der Waals surface area contributed by atoms with Gasteiger partial charge in [-0.25, -0.2) is 4.39 Å². The quantitative estimate of drug-likeness (QED) is 0.867. The fraction of sp³-hybridized carbons (Fsp3) is 0.625. The van der Waals surface area contributed by atoms with Crippen LogP contribution in [0.5, 0.6) is 5.75 Å². The summed E-state index contributed by atoms with van der Waals surface area (Å²) in [5.74, 6) is 1.52. The van der Waals surface area contributed by atoms with E-state index in [-0.39, 0.29) is 5.82 Å². The molecule has 0 saturated heterocycles. The van der Waals surface area contributed by atoms with Crippen molar-refractivity contribution < 1.29 is 9.13 Å². The molecule has 1 N–H and O–H groups in total. The molecule has 2 rings (SSSR count). The van der Waals surface area contributed by atoms with Crippen LogP contribution in [0.4, 0.5) is 10.1 Å². The van der Waals surface area contributed by atoms with Crippen LogP contribution in [0, 0.1) is 17.7 Å². The third-order valence-corrected chi connectivity index (χ3v) is 4.18. The monoisotopic (exact) mass is 265 g/mol. The maximum Gasteiger partial charge on any atom is 0.167 e. The Kier molecular flexibility index (Phi) is 4.67. The van der Waals surface area contributed by atoms with Crippen LogP contribution in [0.1, 0.15) is 39.5 Å². The molecule has 19 heavy (non-hydrogen) atoms. The highest BCUT2D eigenvalue weighted by molar-refractivity contribution is 5.48. The molecular formula is C16H24FNO. The average Bonchev–Trinajstić information content (AvgIpc) is 2.39. The minimum Gasteiger partial charge on any atom is -0.494 e. The van der Waals surface area contributed by atoms with E-state index in [1.807, 2.05) is 6.07 Å². The summed E-state index contributed by atoms with van der Waals surface area (Å²) in [7, 11) is 1.49. The Morgan fingerprint density at radius 3 is 2.74 bits per heavy atom. The van der Waals surface area contributed by atoms with E-state index in [1.165, 1.54) is 38.9 Å². The lowest BCUT2D eigenvalue weighted by Crippen LogP contribution is -2.29. The zero-order chi connectivity index (χ0) is 13.8. The molecule has 2 unspecified atom stereocenters. The summed E-state index contributed by atoms with van der Waals surface area (Å²) in [5, 5.41) is 3.46. The summed E-state index contributed by atoms with van der Waals surface area (Å²) in [6, 6.07) is 5.56. The highest BCUT2D eigenvalue weighted by Gasteiger charge is 2.24. The third kappa shape index (κ3) is 3.62. The normalized spacial score (nSPS) is 23.4. The van der Waals surface area contributed by atoms with E-state index in [9.17, 15) is 4.39 Å². The second-order valence-electron chi connectivity index (χ2n) is 5.86. The van der Waals surface area contributed by atoms with Crippen LogP contribution in [-0.2, 0) is 0 Å². The zero-order valence-corrected chi connectivity index (χ0v) is 12.1. The molecule has 0 amide bonds. The lowest BCUT2D eigenvalue weighted by atomic mass is 9.79. The molecule has 106 valence electrons. The molecule has 2 atom stereocenters. The second-order valence-corrected chi connectivity index (χ2v) is 5.86. The van der Waals surface area contributed by atoms with Gasteiger partial charge < -0.3 is 10.1 Å². The Hall–Kier alpha value is -1.25. The lowest BCUT2D eigenvalue weighted by molar-refractivity contribution is 0.264. The molecule has 0 aromatic heterocycles. The molecule has 1 aromatic carbocycles. The predicted octanol–water partition coefficient (Wildman–Crippen LogP) is 4.46. The first-order valence-corrected chi connectivity index (χ1v) is 7.20. The van der Waals surface area contributed by atoms with Gasteiger partial charge in [0.15, 0.2) is 11.6 Å². The molecule has 0 bridgehead atoms. The molecule has 1 fully saturated rings. The first-order chi connectivity index (χ1) is 9.10. The van der Waals surface area contributed by atoms with E-state index in [0.717, 1.165) is 17.5 Å². The highest BCUT2D eigenvalue weighted by Crippen LogP contribution is 2.32. The standard InChI is InChI=1S/C16H24FNO/c1-11(2)12-5-4-6-13(9-12)18-14-7-8-16(19-3)15(17)10-14/h7-8,10-13,18H,4-6,9H2,1-3H3. The van der Waals surface area contributed by atoms with Gasteiger partial charge in [0.1, 0.15) is 0 Å². The number of anilines is 1. The SMILES string of the molecule is COc1ccc(NC2CCCC(C(C)C)C2)cc1F. The van der Waals surface area contributed by atoms with Gasteiger partial charge >= 0.3 is 0 Å². The first-order valence-electron chi connectivity index (χ1n) is 7.20. The van der Waals surface area contributed by atoms with Gasteiger partial charge in [-0.05, 0) is 36.8 Å². The molecule has 2 nitrogen and oxygen atoms in total. The van der Waals surface area contributed by atoms with E-state index in [4.69, 9.17) is 4.74 Å². The molecule has 1 aliphatic rings. The number of halogens is 1. The molecule has 1 aromatic rings. The smallest absolute Gasteiger partial charge is 0.167 e. The van der Waals surface area contributed by atoms with Crippen LogP contribution in [-0.4, -0.2) is 13.2 Å². The van der Waals surface area contributed by atoms with Gasteiger partial charge in [0.05, 0.1) is 7.11 Å². The van der Waals surface area contributed by atoms with E-state index < -0.39 is 0 Å². The van der Waals surface area contributed by atoms with E-state index >= 15 is 0 Å². The Balaban J connectivity index is 1.98. The number of benzene rings is 1. The Morgan fingerprint density at radius 1 is 1.32 bits per heavy atom. The lowest BCUT2D eigenvalue weighted by Gasteiger charge is -2.32. The summed E-state index contributed by atoms with van der Waals surface area (Å²) >= 11 is 0. The molecule has 0 aliphatic heterocycles. The number of hydrogen-bond donors (Lipinski definition) is 1. The molecule has 0 spiro atoms. The average molecular weight is 265 g/mol. The second kappa shape index (κ2) is 6.27. The van der Waals surface area contributed by atoms with Crippen LogP contribution in [0.15, 0.2) is 18.2 Å². The highest BCUT2D eigenvalue weighted by atomic mass is 19.1. The van der Waals surface area contributed by atoms with Crippen molar-refractivity contribution in [3.05, 3.63) is 24.0 Å². The molecule has 0 heterocycles. The van der Waals surface area contributed by atoms with Crippen LogP contribution >= 0.6 is 0 Å².